The molecule has 2 aromatic heterocycles. The number of aliphatic imine (C=N–C) groups is 1. The molecule has 0 spiro atoms. The average Bonchev–Trinajstić information content (AvgIpc) is 3.45. The van der Waals surface area contributed by atoms with E-state index in [1.165, 1.54) is 16.5 Å². The number of fused-ring (bicyclic) bond motifs is 1. The fraction of sp³-hybridized carbons (Fsp3) is 0.346. The van der Waals surface area contributed by atoms with Crippen molar-refractivity contribution in [3.05, 3.63) is 76.1 Å². The Bertz CT molecular complexity index is 1230. The van der Waals surface area contributed by atoms with Gasteiger partial charge in [-0.1, -0.05) is 18.2 Å². The molecule has 0 amide bonds. The molecular weight excluding hydrogens is 398 g/mol. The van der Waals surface area contributed by atoms with Crippen LogP contribution in [-0.4, -0.2) is 65.8 Å². The number of H-pyrrole nitrogens is 2. The maximum Gasteiger partial charge on any atom is 0.146 e. The zero-order chi connectivity index (χ0) is 22.2. The molecule has 0 unspecified atom stereocenters. The number of aromatic amines is 2. The van der Waals surface area contributed by atoms with Crippen molar-refractivity contribution >= 4 is 22.7 Å². The van der Waals surface area contributed by atoms with E-state index in [0.29, 0.717) is 0 Å². The van der Waals surface area contributed by atoms with Crippen LogP contribution < -0.4 is 0 Å². The number of piperazine rings is 1. The molecule has 2 aliphatic heterocycles. The number of hydrogen-bond donors (Lipinski definition) is 2. The van der Waals surface area contributed by atoms with E-state index < -0.39 is 0 Å². The normalized spacial score (nSPS) is 19.1. The van der Waals surface area contributed by atoms with Crippen LogP contribution in [0.25, 0.3) is 17.0 Å². The maximum atomic E-state index is 5.70. The molecule has 1 saturated heterocycles. The minimum absolute atomic E-state index is 0.788. The van der Waals surface area contributed by atoms with Crippen LogP contribution in [0, 0.1) is 13.8 Å². The summed E-state index contributed by atoms with van der Waals surface area (Å²) in [6, 6.07) is 10.7. The summed E-state index contributed by atoms with van der Waals surface area (Å²) < 4.78 is 5.70. The molecule has 0 saturated carbocycles. The van der Waals surface area contributed by atoms with E-state index in [4.69, 9.17) is 9.73 Å². The van der Waals surface area contributed by atoms with Crippen LogP contribution in [0.3, 0.4) is 0 Å². The summed E-state index contributed by atoms with van der Waals surface area (Å²) in [4.78, 5) is 17.0. The van der Waals surface area contributed by atoms with Gasteiger partial charge in [0.15, 0.2) is 0 Å². The van der Waals surface area contributed by atoms with Gasteiger partial charge >= 0.3 is 0 Å². The van der Waals surface area contributed by atoms with Gasteiger partial charge in [-0.2, -0.15) is 0 Å². The molecule has 0 radical (unpaired) electrons. The molecular formula is C26H31N5O. The first-order chi connectivity index (χ1) is 15.5. The van der Waals surface area contributed by atoms with Crippen molar-refractivity contribution in [3.8, 4) is 0 Å². The number of ether oxygens (including phenoxy) is 1. The Kier molecular flexibility index (Phi) is 5.49. The van der Waals surface area contributed by atoms with Crippen LogP contribution in [0.4, 0.5) is 0 Å². The summed E-state index contributed by atoms with van der Waals surface area (Å²) >= 11 is 0. The van der Waals surface area contributed by atoms with Crippen molar-refractivity contribution in [2.24, 2.45) is 4.99 Å². The van der Waals surface area contributed by atoms with E-state index in [-0.39, 0.29) is 0 Å². The molecule has 5 rings (SSSR count). The van der Waals surface area contributed by atoms with Crippen molar-refractivity contribution in [2.75, 3.05) is 40.3 Å². The maximum absolute atomic E-state index is 5.70. The molecule has 2 N–H and O–H groups in total. The lowest BCUT2D eigenvalue weighted by Crippen LogP contribution is -2.44. The van der Waals surface area contributed by atoms with Crippen molar-refractivity contribution in [2.45, 2.75) is 20.4 Å². The van der Waals surface area contributed by atoms with Gasteiger partial charge in [0.2, 0.25) is 0 Å². The molecule has 0 atom stereocenters. The number of likely N-dealkylation sites (N-methyl/N-ethyl adjacent to an activating group) is 1. The second-order valence-corrected chi connectivity index (χ2v) is 8.89. The zero-order valence-corrected chi connectivity index (χ0v) is 19.3. The van der Waals surface area contributed by atoms with Crippen molar-refractivity contribution in [3.63, 3.8) is 0 Å². The monoisotopic (exact) mass is 429 g/mol. The number of aryl methyl sites for hydroxylation is 2. The SMILES string of the molecule is COC1=CC(c2[nH]c3ccccc3c2CN2CCN(C)CC2)=N/C1=C\c1[nH]c(C)cc1C. The first-order valence-corrected chi connectivity index (χ1v) is 11.3. The van der Waals surface area contributed by atoms with E-state index in [1.54, 1.807) is 7.11 Å². The number of methoxy groups -OCH3 is 1. The Labute approximate surface area is 189 Å². The highest BCUT2D eigenvalue weighted by Gasteiger charge is 2.24. The highest BCUT2D eigenvalue weighted by atomic mass is 16.5. The van der Waals surface area contributed by atoms with Gasteiger partial charge in [-0.15, -0.1) is 0 Å². The second-order valence-electron chi connectivity index (χ2n) is 8.89. The fourth-order valence-electron chi connectivity index (χ4n) is 4.66. The molecule has 0 bridgehead atoms. The quantitative estimate of drug-likeness (QED) is 0.638. The minimum Gasteiger partial charge on any atom is -0.494 e. The summed E-state index contributed by atoms with van der Waals surface area (Å²) in [6.07, 6.45) is 4.13. The number of benzene rings is 1. The number of rotatable bonds is 5. The Balaban J connectivity index is 1.55. The van der Waals surface area contributed by atoms with E-state index in [9.17, 15) is 0 Å². The summed E-state index contributed by atoms with van der Waals surface area (Å²) in [5.41, 5.74) is 8.73. The number of aromatic nitrogens is 2. The highest BCUT2D eigenvalue weighted by Crippen LogP contribution is 2.30. The van der Waals surface area contributed by atoms with E-state index in [1.807, 2.05) is 0 Å². The fourth-order valence-corrected chi connectivity index (χ4v) is 4.66. The predicted molar refractivity (Wildman–Crippen MR) is 131 cm³/mol. The topological polar surface area (TPSA) is 59.6 Å². The predicted octanol–water partition coefficient (Wildman–Crippen LogP) is 4.23. The van der Waals surface area contributed by atoms with Gasteiger partial charge in [0, 0.05) is 66.7 Å². The first-order valence-electron chi connectivity index (χ1n) is 11.3. The summed E-state index contributed by atoms with van der Waals surface area (Å²) in [7, 11) is 3.90. The standard InChI is InChI=1S/C26H31N5O/c1-17-13-18(2)27-22(17)14-23-25(32-4)15-24(28-23)26-20(16-31-11-9-30(3)10-12-31)19-7-5-6-8-21(19)29-26/h5-8,13-15,27,29H,9-12,16H2,1-4H3/b23-14-. The Hall–Kier alpha value is -3.09. The third-order valence-electron chi connectivity index (χ3n) is 6.50. The van der Waals surface area contributed by atoms with Gasteiger partial charge in [0.05, 0.1) is 18.5 Å². The molecule has 3 aromatic rings. The van der Waals surface area contributed by atoms with Crippen LogP contribution in [0.5, 0.6) is 0 Å². The van der Waals surface area contributed by atoms with Crippen molar-refractivity contribution in [1.82, 2.24) is 19.8 Å². The minimum atomic E-state index is 0.788. The molecule has 166 valence electrons. The molecule has 1 aromatic carbocycles. The number of nitrogens with zero attached hydrogens (tertiary/aromatic N) is 3. The van der Waals surface area contributed by atoms with Gasteiger partial charge in [-0.3, -0.25) is 4.90 Å². The van der Waals surface area contributed by atoms with Gasteiger partial charge in [0.1, 0.15) is 11.5 Å². The largest absolute Gasteiger partial charge is 0.494 e. The highest BCUT2D eigenvalue weighted by molar-refractivity contribution is 6.14. The molecule has 32 heavy (non-hydrogen) atoms. The Morgan fingerprint density at radius 3 is 2.59 bits per heavy atom. The molecule has 4 heterocycles. The van der Waals surface area contributed by atoms with Crippen LogP contribution in [0.2, 0.25) is 0 Å². The number of allylic oxidation sites excluding steroid dienone is 1. The van der Waals surface area contributed by atoms with Crippen LogP contribution >= 0.6 is 0 Å². The van der Waals surface area contributed by atoms with Gasteiger partial charge in [-0.25, -0.2) is 4.99 Å². The second kappa shape index (κ2) is 8.45. The zero-order valence-electron chi connectivity index (χ0n) is 19.3. The number of hydrogen-bond acceptors (Lipinski definition) is 4. The van der Waals surface area contributed by atoms with Crippen LogP contribution in [0.1, 0.15) is 28.2 Å². The molecule has 6 heteroatoms. The van der Waals surface area contributed by atoms with E-state index in [0.717, 1.165) is 72.5 Å². The third-order valence-corrected chi connectivity index (χ3v) is 6.50. The number of nitrogens with one attached hydrogen (secondary N) is 2. The van der Waals surface area contributed by atoms with Gasteiger partial charge in [0.25, 0.3) is 0 Å². The average molecular weight is 430 g/mol. The van der Waals surface area contributed by atoms with E-state index in [2.05, 4.69) is 83.1 Å². The van der Waals surface area contributed by atoms with Crippen LogP contribution in [-0.2, 0) is 11.3 Å². The van der Waals surface area contributed by atoms with Crippen molar-refractivity contribution < 1.29 is 4.74 Å². The summed E-state index contributed by atoms with van der Waals surface area (Å²) in [6.45, 7) is 9.46. The third kappa shape index (κ3) is 3.92. The van der Waals surface area contributed by atoms with Crippen molar-refractivity contribution in [1.29, 1.82) is 0 Å². The van der Waals surface area contributed by atoms with Gasteiger partial charge in [-0.05, 0) is 44.7 Å². The Morgan fingerprint density at radius 1 is 1.09 bits per heavy atom. The molecule has 0 aliphatic carbocycles. The first kappa shape index (κ1) is 20.8. The summed E-state index contributed by atoms with van der Waals surface area (Å²) in [5.74, 6) is 0.788. The number of para-hydroxylation sites is 1. The molecule has 1 fully saturated rings. The summed E-state index contributed by atoms with van der Waals surface area (Å²) in [5, 5.41) is 1.27. The lowest BCUT2D eigenvalue weighted by atomic mass is 10.1. The van der Waals surface area contributed by atoms with E-state index >= 15 is 0 Å². The molecule has 2 aliphatic rings. The smallest absolute Gasteiger partial charge is 0.146 e. The Morgan fingerprint density at radius 2 is 1.88 bits per heavy atom. The lowest BCUT2D eigenvalue weighted by molar-refractivity contribution is 0.148. The van der Waals surface area contributed by atoms with Gasteiger partial charge < -0.3 is 19.6 Å². The lowest BCUT2D eigenvalue weighted by Gasteiger charge is -2.32. The van der Waals surface area contributed by atoms with Crippen LogP contribution in [0.15, 0.2) is 52.9 Å². The molecule has 6 nitrogen and oxygen atoms in total.